The van der Waals surface area contributed by atoms with E-state index >= 15 is 0 Å². The maximum absolute atomic E-state index is 10.4. The Labute approximate surface area is 70.8 Å². The molecule has 1 rings (SSSR count). The number of phenolic OH excluding ortho intramolecular Hbond substituents is 1. The van der Waals surface area contributed by atoms with Gasteiger partial charge < -0.3 is 15.6 Å². The van der Waals surface area contributed by atoms with Crippen molar-refractivity contribution >= 4 is 12.0 Å². The summed E-state index contributed by atoms with van der Waals surface area (Å²) in [6.45, 7) is 1.71. The number of phenols is 1. The Balaban J connectivity index is 3.12. The Morgan fingerprint density at radius 2 is 2.25 bits per heavy atom. The monoisotopic (exact) mass is 165 g/mol. The Bertz CT molecular complexity index is 297. The van der Waals surface area contributed by atoms with Crippen LogP contribution in [-0.2, 0) is 4.79 Å². The van der Waals surface area contributed by atoms with Crippen LogP contribution in [0.4, 0.5) is 5.69 Å². The predicted molar refractivity (Wildman–Crippen MR) is 47.0 cm³/mol. The van der Waals surface area contributed by atoms with Crippen LogP contribution in [0.3, 0.4) is 0 Å². The quantitative estimate of drug-likeness (QED) is 0.394. The van der Waals surface area contributed by atoms with E-state index in [1.807, 2.05) is 0 Å². The van der Waals surface area contributed by atoms with E-state index in [-0.39, 0.29) is 11.7 Å². The van der Waals surface area contributed by atoms with Gasteiger partial charge in [0.25, 0.3) is 0 Å². The molecule has 1 atom stereocenters. The number of rotatable bonds is 2. The minimum atomic E-state index is -0.312. The van der Waals surface area contributed by atoms with Gasteiger partial charge in [-0.2, -0.15) is 0 Å². The highest BCUT2D eigenvalue weighted by atomic mass is 16.3. The zero-order chi connectivity index (χ0) is 9.14. The van der Waals surface area contributed by atoms with Crippen LogP contribution < -0.4 is 5.73 Å². The fourth-order valence-electron chi connectivity index (χ4n) is 1.01. The zero-order valence-electron chi connectivity index (χ0n) is 6.82. The van der Waals surface area contributed by atoms with Crippen molar-refractivity contribution in [1.82, 2.24) is 0 Å². The summed E-state index contributed by atoms with van der Waals surface area (Å²) in [7, 11) is 0. The summed E-state index contributed by atoms with van der Waals surface area (Å²) >= 11 is 0. The lowest BCUT2D eigenvalue weighted by atomic mass is 10.0. The normalized spacial score (nSPS) is 12.4. The average molecular weight is 165 g/mol. The molecule has 0 saturated heterocycles. The van der Waals surface area contributed by atoms with Gasteiger partial charge in [0.1, 0.15) is 12.0 Å². The summed E-state index contributed by atoms with van der Waals surface area (Å²) in [5.41, 5.74) is 6.62. The molecule has 0 spiro atoms. The average Bonchev–Trinajstić information content (AvgIpc) is 2.08. The molecule has 0 fully saturated rings. The Kier molecular flexibility index (Phi) is 2.33. The minimum absolute atomic E-state index is 0.115. The number of hydrogen-bond donors (Lipinski definition) is 2. The lowest BCUT2D eigenvalue weighted by molar-refractivity contribution is -0.108. The maximum Gasteiger partial charge on any atom is 0.127 e. The summed E-state index contributed by atoms with van der Waals surface area (Å²) < 4.78 is 0. The fraction of sp³-hybridized carbons (Fsp3) is 0.222. The van der Waals surface area contributed by atoms with Crippen LogP contribution in [0.1, 0.15) is 18.4 Å². The van der Waals surface area contributed by atoms with Crippen molar-refractivity contribution in [2.75, 3.05) is 5.73 Å². The summed E-state index contributed by atoms with van der Waals surface area (Å²) in [5.74, 6) is -0.197. The standard InChI is InChI=1S/C9H11NO2/c1-6(5-11)8-4-7(10)2-3-9(8)12/h2-6,12H,10H2,1H3. The van der Waals surface area contributed by atoms with Crippen molar-refractivity contribution in [3.05, 3.63) is 23.8 Å². The molecule has 1 aromatic carbocycles. The second kappa shape index (κ2) is 3.26. The lowest BCUT2D eigenvalue weighted by Gasteiger charge is -2.07. The Morgan fingerprint density at radius 3 is 2.83 bits per heavy atom. The number of carbonyl (C=O) groups excluding carboxylic acids is 1. The van der Waals surface area contributed by atoms with Gasteiger partial charge >= 0.3 is 0 Å². The van der Waals surface area contributed by atoms with Gasteiger partial charge in [-0.05, 0) is 18.2 Å². The van der Waals surface area contributed by atoms with Crippen molar-refractivity contribution in [1.29, 1.82) is 0 Å². The van der Waals surface area contributed by atoms with Crippen LogP contribution in [-0.4, -0.2) is 11.4 Å². The number of carbonyl (C=O) groups is 1. The van der Waals surface area contributed by atoms with E-state index in [1.54, 1.807) is 19.1 Å². The second-order valence-electron chi connectivity index (χ2n) is 2.74. The van der Waals surface area contributed by atoms with Gasteiger partial charge in [0.05, 0.1) is 0 Å². The highest BCUT2D eigenvalue weighted by Crippen LogP contribution is 2.25. The molecular formula is C9H11NO2. The van der Waals surface area contributed by atoms with E-state index in [4.69, 9.17) is 5.73 Å². The van der Waals surface area contributed by atoms with E-state index in [1.165, 1.54) is 6.07 Å². The number of nitrogens with two attached hydrogens (primary N) is 1. The third-order valence-electron chi connectivity index (χ3n) is 1.75. The number of nitrogen functional groups attached to an aromatic ring is 1. The van der Waals surface area contributed by atoms with Gasteiger partial charge in [-0.25, -0.2) is 0 Å². The molecule has 3 N–H and O–H groups in total. The van der Waals surface area contributed by atoms with Gasteiger partial charge in [-0.3, -0.25) is 0 Å². The van der Waals surface area contributed by atoms with Crippen molar-refractivity contribution in [2.24, 2.45) is 0 Å². The summed E-state index contributed by atoms with van der Waals surface area (Å²) in [6.07, 6.45) is 0.772. The number of anilines is 1. The molecule has 0 aliphatic carbocycles. The smallest absolute Gasteiger partial charge is 0.127 e. The van der Waals surface area contributed by atoms with Crippen LogP contribution in [0.15, 0.2) is 18.2 Å². The van der Waals surface area contributed by atoms with Crippen molar-refractivity contribution in [3.8, 4) is 5.75 Å². The van der Waals surface area contributed by atoms with Gasteiger partial charge in [0, 0.05) is 17.2 Å². The number of hydrogen-bond acceptors (Lipinski definition) is 3. The molecule has 0 aliphatic heterocycles. The fourth-order valence-corrected chi connectivity index (χ4v) is 1.01. The maximum atomic E-state index is 10.4. The van der Waals surface area contributed by atoms with Crippen LogP contribution in [0, 0.1) is 0 Å². The first-order chi connectivity index (χ1) is 5.65. The summed E-state index contributed by atoms with van der Waals surface area (Å²) in [4.78, 5) is 10.4. The van der Waals surface area contributed by atoms with Crippen LogP contribution >= 0.6 is 0 Å². The van der Waals surface area contributed by atoms with Gasteiger partial charge in [-0.1, -0.05) is 6.92 Å². The molecule has 12 heavy (non-hydrogen) atoms. The molecule has 0 bridgehead atoms. The van der Waals surface area contributed by atoms with E-state index < -0.39 is 0 Å². The van der Waals surface area contributed by atoms with Crippen LogP contribution in [0.5, 0.6) is 5.75 Å². The molecule has 0 saturated carbocycles. The molecule has 0 heterocycles. The molecule has 64 valence electrons. The number of aromatic hydroxyl groups is 1. The zero-order valence-corrected chi connectivity index (χ0v) is 6.82. The van der Waals surface area contributed by atoms with E-state index in [0.717, 1.165) is 6.29 Å². The number of benzene rings is 1. The summed E-state index contributed by atoms with van der Waals surface area (Å²) in [6, 6.07) is 4.69. The molecule has 0 amide bonds. The highest BCUT2D eigenvalue weighted by Gasteiger charge is 2.08. The molecule has 3 heteroatoms. The largest absolute Gasteiger partial charge is 0.508 e. The molecule has 1 aromatic rings. The topological polar surface area (TPSA) is 63.3 Å². The van der Waals surface area contributed by atoms with Crippen LogP contribution in [0.25, 0.3) is 0 Å². The van der Waals surface area contributed by atoms with E-state index in [2.05, 4.69) is 0 Å². The first-order valence-corrected chi connectivity index (χ1v) is 3.69. The molecule has 3 nitrogen and oxygen atoms in total. The second-order valence-corrected chi connectivity index (χ2v) is 2.74. The molecule has 0 radical (unpaired) electrons. The molecule has 0 aliphatic rings. The van der Waals surface area contributed by atoms with Crippen molar-refractivity contribution in [2.45, 2.75) is 12.8 Å². The van der Waals surface area contributed by atoms with Gasteiger partial charge in [-0.15, -0.1) is 0 Å². The first kappa shape index (κ1) is 8.59. The van der Waals surface area contributed by atoms with Gasteiger partial charge in [0.15, 0.2) is 0 Å². The SMILES string of the molecule is CC(C=O)c1cc(N)ccc1O. The van der Waals surface area contributed by atoms with Crippen molar-refractivity contribution in [3.63, 3.8) is 0 Å². The Hall–Kier alpha value is -1.51. The van der Waals surface area contributed by atoms with Crippen molar-refractivity contribution < 1.29 is 9.90 Å². The Morgan fingerprint density at radius 1 is 1.58 bits per heavy atom. The first-order valence-electron chi connectivity index (χ1n) is 3.69. The van der Waals surface area contributed by atoms with E-state index in [0.29, 0.717) is 11.3 Å². The third-order valence-corrected chi connectivity index (χ3v) is 1.75. The number of aldehydes is 1. The predicted octanol–water partition coefficient (Wildman–Crippen LogP) is 1.28. The summed E-state index contributed by atoms with van der Waals surface area (Å²) in [5, 5.41) is 9.32. The van der Waals surface area contributed by atoms with Gasteiger partial charge in [0.2, 0.25) is 0 Å². The highest BCUT2D eigenvalue weighted by molar-refractivity contribution is 5.65. The molecule has 0 aromatic heterocycles. The van der Waals surface area contributed by atoms with E-state index in [9.17, 15) is 9.90 Å². The lowest BCUT2D eigenvalue weighted by Crippen LogP contribution is -1.96. The van der Waals surface area contributed by atoms with Crippen LogP contribution in [0.2, 0.25) is 0 Å². The molecule has 1 unspecified atom stereocenters. The minimum Gasteiger partial charge on any atom is -0.508 e. The molecular weight excluding hydrogens is 154 g/mol. The third kappa shape index (κ3) is 1.56.